The van der Waals surface area contributed by atoms with Gasteiger partial charge in [-0.1, -0.05) is 40.0 Å². The second-order valence-corrected chi connectivity index (χ2v) is 23.1. The fraction of sp³-hybridized carbons (Fsp3) is 0.647. The smallest absolute Gasteiger partial charge is 0.407 e. The predicted molar refractivity (Wildman–Crippen MR) is 281 cm³/mol. The number of aliphatic hydroxyl groups is 3. The zero-order valence-corrected chi connectivity index (χ0v) is 46.0. The first kappa shape index (κ1) is 61.5. The van der Waals surface area contributed by atoms with Crippen LogP contribution in [0.2, 0.25) is 0 Å². The Morgan fingerprint density at radius 2 is 1.57 bits per heavy atom. The average molecular weight is 1130 g/mol. The number of rotatable bonds is 14. The van der Waals surface area contributed by atoms with E-state index >= 15 is 9.59 Å². The van der Waals surface area contributed by atoms with Crippen molar-refractivity contribution in [2.24, 2.45) is 17.6 Å². The lowest BCUT2D eigenvalue weighted by atomic mass is 9.89. The number of primary amides is 1. The summed E-state index contributed by atoms with van der Waals surface area (Å²) in [5, 5.41) is 53.4. The van der Waals surface area contributed by atoms with Crippen LogP contribution in [-0.2, 0) is 65.1 Å². The summed E-state index contributed by atoms with van der Waals surface area (Å²) in [4.78, 5) is 146. The molecule has 5 aliphatic rings. The predicted octanol–water partition coefficient (Wildman–Crippen LogP) is -3.02. The number of nitrogens with two attached hydrogens (primary N) is 1. The van der Waals surface area contributed by atoms with E-state index in [2.05, 4.69) is 47.5 Å². The first-order chi connectivity index (χ1) is 37.2. The van der Waals surface area contributed by atoms with E-state index in [4.69, 9.17) is 15.2 Å². The molecule has 1 aromatic carbocycles. The molecule has 1 saturated heterocycles. The molecular formula is C51H75N11O16S. The molecule has 14 N–H and O–H groups in total. The summed E-state index contributed by atoms with van der Waals surface area (Å²) in [6.07, 6.45) is -4.07. The summed E-state index contributed by atoms with van der Waals surface area (Å²) < 4.78 is 27.2. The molecular weight excluding hydrogens is 1050 g/mol. The zero-order chi connectivity index (χ0) is 58.1. The highest BCUT2D eigenvalue weighted by Gasteiger charge is 2.57. The third kappa shape index (κ3) is 15.3. The van der Waals surface area contributed by atoms with E-state index in [0.717, 1.165) is 0 Å². The van der Waals surface area contributed by atoms with E-state index in [0.29, 0.717) is 25.7 Å². The molecule has 5 unspecified atom stereocenters. The van der Waals surface area contributed by atoms with Crippen molar-refractivity contribution in [3.63, 3.8) is 0 Å². The zero-order valence-electron chi connectivity index (χ0n) is 45.2. The van der Waals surface area contributed by atoms with Gasteiger partial charge in [0.1, 0.15) is 46.6 Å². The Morgan fingerprint density at radius 1 is 0.886 bits per heavy atom. The molecule has 1 aromatic heterocycles. The van der Waals surface area contributed by atoms with Crippen molar-refractivity contribution in [1.29, 1.82) is 0 Å². The summed E-state index contributed by atoms with van der Waals surface area (Å²) in [5.74, 6) is -11.7. The summed E-state index contributed by atoms with van der Waals surface area (Å²) in [7, 11) is -2.38. The van der Waals surface area contributed by atoms with Crippen LogP contribution in [0.1, 0.15) is 98.5 Å². The van der Waals surface area contributed by atoms with Crippen molar-refractivity contribution in [3.8, 4) is 5.75 Å². The number of amides is 9. The number of hydrogen-bond acceptors (Lipinski definition) is 17. The topological polar surface area (TPSA) is 408 Å². The lowest BCUT2D eigenvalue weighted by molar-refractivity contribution is -0.166. The number of benzene rings is 1. The fourth-order valence-electron chi connectivity index (χ4n) is 10.1. The number of Topliss-reactive ketones (excluding diaryl/α,β-unsaturated/α-hetero) is 1. The van der Waals surface area contributed by atoms with Gasteiger partial charge in [-0.2, -0.15) is 0 Å². The van der Waals surface area contributed by atoms with Gasteiger partial charge in [0.15, 0.2) is 0 Å². The summed E-state index contributed by atoms with van der Waals surface area (Å²) in [6.45, 7) is 7.24. The highest BCUT2D eigenvalue weighted by Crippen LogP contribution is 2.39. The number of unbranched alkanes of at least 4 members (excludes halogenated alkanes) is 3. The van der Waals surface area contributed by atoms with Gasteiger partial charge in [0.2, 0.25) is 58.8 Å². The maximum atomic E-state index is 16.0. The molecule has 0 radical (unpaired) electrons. The third-order valence-corrected chi connectivity index (χ3v) is 15.9. The number of nitrogens with zero attached hydrogens (tertiary/aromatic N) is 1. The number of carbonyl (C=O) groups excluding carboxylic acids is 10. The van der Waals surface area contributed by atoms with Gasteiger partial charge in [-0.3, -0.25) is 47.4 Å². The fourth-order valence-corrected chi connectivity index (χ4v) is 11.5. The molecule has 27 nitrogen and oxygen atoms in total. The highest BCUT2D eigenvalue weighted by atomic mass is 32.2. The maximum Gasteiger partial charge on any atom is 0.407 e. The Hall–Kier alpha value is -6.75. The van der Waals surface area contributed by atoms with Crippen molar-refractivity contribution in [3.05, 3.63) is 23.8 Å². The molecule has 0 aliphatic carbocycles. The van der Waals surface area contributed by atoms with Gasteiger partial charge in [0, 0.05) is 43.3 Å². The van der Waals surface area contributed by atoms with Gasteiger partial charge in [0.05, 0.1) is 66.4 Å². The third-order valence-electron chi connectivity index (χ3n) is 14.5. The minimum atomic E-state index is -2.43. The maximum absolute atomic E-state index is 16.0. The Labute approximate surface area is 458 Å². The number of carbonyl (C=O) groups is 10. The Bertz CT molecular complexity index is 2680. The quantitative estimate of drug-likeness (QED) is 0.0838. The summed E-state index contributed by atoms with van der Waals surface area (Å²) >= 11 is 0. The van der Waals surface area contributed by atoms with Crippen molar-refractivity contribution in [2.45, 2.75) is 164 Å². The number of ketones is 1. The van der Waals surface area contributed by atoms with Gasteiger partial charge in [-0.25, -0.2) is 9.69 Å². The minimum Gasteiger partial charge on any atom is -0.465 e. The molecule has 6 heterocycles. The molecule has 1 fully saturated rings. The van der Waals surface area contributed by atoms with Crippen LogP contribution in [0.3, 0.4) is 0 Å². The van der Waals surface area contributed by atoms with Crippen molar-refractivity contribution in [1.82, 2.24) is 52.4 Å². The second kappa shape index (κ2) is 26.5. The monoisotopic (exact) mass is 1130 g/mol. The molecule has 28 heteroatoms. The molecule has 8 bridgehead atoms. The molecule has 436 valence electrons. The number of aliphatic hydroxyl groups excluding tert-OH is 3. The van der Waals surface area contributed by atoms with E-state index in [1.165, 1.54) is 30.0 Å². The van der Waals surface area contributed by atoms with E-state index < -0.39 is 193 Å². The number of ether oxygens (including phenoxy) is 2. The highest BCUT2D eigenvalue weighted by molar-refractivity contribution is 7.85. The molecule has 2 aromatic rings. The van der Waals surface area contributed by atoms with Gasteiger partial charge in [-0.15, -0.1) is 0 Å². The van der Waals surface area contributed by atoms with Crippen LogP contribution in [0.4, 0.5) is 4.79 Å². The van der Waals surface area contributed by atoms with Crippen LogP contribution < -0.4 is 53.0 Å². The van der Waals surface area contributed by atoms with E-state index in [1.807, 2.05) is 0 Å². The number of aromatic amines is 1. The summed E-state index contributed by atoms with van der Waals surface area (Å²) in [6, 6.07) is -5.66. The SMILES string of the molecule is CC[C@H](C)[C@@H]1NC(=O)CNC(=O)C2Cc3c4[nH]c5cc(ccc35)OC(CCCCCCNC(=O)OC(C)(C)C)(C(=O)[C@H](CC(N)=O)NC(=O)C(CS4=O)NC(=O)CNC1=O)N1CC(O)C[C@H]1C(=O)N[C@@H]([C@@H](C)[C@@H](O)CO)C(=O)N2. The number of fused-ring (bicyclic) bond motifs is 7. The largest absolute Gasteiger partial charge is 0.465 e. The van der Waals surface area contributed by atoms with Crippen molar-refractivity contribution >= 4 is 80.8 Å². The van der Waals surface area contributed by atoms with Crippen LogP contribution in [0.15, 0.2) is 23.2 Å². The first-order valence-electron chi connectivity index (χ1n) is 26.6. The molecule has 7 rings (SSSR count). The van der Waals surface area contributed by atoms with Gasteiger partial charge < -0.3 is 78.0 Å². The standard InChI is InChI=1S/C51H75N11O16S/c1-7-25(2)40-46(73)55-20-38(67)56-34-24-79(76)48-30-18-33(43(70)54-21-39(68)60-40)58-47(74)41(26(3)36(65)23-63)61-45(72)35-16-27(64)22-62(35)51(42(69)32(19-37(52)66)57-44(34)71,77-28-12-13-29(30)31(17-28)59-48)14-10-8-9-11-15-53-49(75)78-50(4,5)6/h12-13,17,25-27,32-36,40-41,59,63-65H,7-11,14-16,18-24H2,1-6H3,(H2,52,66)(H,53,75)(H,54,70)(H,55,73)(H,56,67)(H,57,71)(H,58,74)(H,60,68)(H,61,72)/t25-,26-,27?,32-,33?,34?,35-,36-,40-,41-,51?,79?/m0/s1. The second-order valence-electron chi connectivity index (χ2n) is 21.6. The number of alkyl carbamates (subject to hydrolysis) is 1. The van der Waals surface area contributed by atoms with Crippen molar-refractivity contribution in [2.75, 3.05) is 38.5 Å². The molecule has 9 amide bonds. The molecule has 79 heavy (non-hydrogen) atoms. The number of hydrogen-bond donors (Lipinski definition) is 13. The molecule has 5 aliphatic heterocycles. The van der Waals surface area contributed by atoms with E-state index in [1.54, 1.807) is 34.6 Å². The minimum absolute atomic E-state index is 0.0547. The van der Waals surface area contributed by atoms with E-state index in [-0.39, 0.29) is 46.6 Å². The molecule has 0 saturated carbocycles. The summed E-state index contributed by atoms with van der Waals surface area (Å²) in [5.41, 5.74) is 2.93. The van der Waals surface area contributed by atoms with Crippen LogP contribution in [0.25, 0.3) is 10.9 Å². The van der Waals surface area contributed by atoms with E-state index in [9.17, 15) is 57.9 Å². The molecule has 0 spiro atoms. The first-order valence-corrected chi connectivity index (χ1v) is 27.9. The van der Waals surface area contributed by atoms with Gasteiger partial charge in [0.25, 0.3) is 0 Å². The van der Waals surface area contributed by atoms with Crippen LogP contribution >= 0.6 is 0 Å². The van der Waals surface area contributed by atoms with Crippen molar-refractivity contribution < 1.29 is 76.9 Å². The Kier molecular flexibility index (Phi) is 20.6. The van der Waals surface area contributed by atoms with Gasteiger partial charge in [-0.05, 0) is 63.6 Å². The lowest BCUT2D eigenvalue weighted by Crippen LogP contribution is -2.68. The lowest BCUT2D eigenvalue weighted by Gasteiger charge is -2.45. The Morgan fingerprint density at radius 3 is 2.24 bits per heavy atom. The number of nitrogens with one attached hydrogen (secondary N) is 9. The van der Waals surface area contributed by atoms with Crippen LogP contribution in [0.5, 0.6) is 5.75 Å². The normalized spacial score (nSPS) is 28.0. The van der Waals surface area contributed by atoms with Crippen LogP contribution in [-0.4, -0.2) is 187 Å². The Balaban J connectivity index is 1.60. The van der Waals surface area contributed by atoms with Gasteiger partial charge >= 0.3 is 6.09 Å². The average Bonchev–Trinajstić information content (AvgIpc) is 4.23. The number of H-pyrrole nitrogens is 1. The number of aromatic nitrogens is 1. The molecule has 12 atom stereocenters. The van der Waals surface area contributed by atoms with Crippen LogP contribution in [0, 0.1) is 11.8 Å².